The summed E-state index contributed by atoms with van der Waals surface area (Å²) in [6.07, 6.45) is 4.86. The lowest BCUT2D eigenvalue weighted by atomic mass is 9.92. The molecular weight excluding hydrogens is 234 g/mol. The van der Waals surface area contributed by atoms with Crippen molar-refractivity contribution in [1.29, 1.82) is 0 Å². The molecule has 1 fully saturated rings. The molecule has 0 amide bonds. The number of nitrogens with zero attached hydrogens (tertiary/aromatic N) is 2. The van der Waals surface area contributed by atoms with Gasteiger partial charge in [-0.1, -0.05) is 13.0 Å². The molecule has 1 aliphatic heterocycles. The van der Waals surface area contributed by atoms with Crippen molar-refractivity contribution in [1.82, 2.24) is 14.9 Å². The second kappa shape index (κ2) is 5.33. The second-order valence-corrected chi connectivity index (χ2v) is 5.68. The molecule has 0 saturated carbocycles. The number of benzene rings is 1. The Labute approximate surface area is 115 Å². The number of fused-ring (bicyclic) bond motifs is 1. The van der Waals surface area contributed by atoms with Crippen LogP contribution in [0.5, 0.6) is 0 Å². The number of imidazole rings is 1. The highest BCUT2D eigenvalue weighted by Gasteiger charge is 2.14. The zero-order chi connectivity index (χ0) is 13.2. The third kappa shape index (κ3) is 2.52. The van der Waals surface area contributed by atoms with E-state index in [1.807, 2.05) is 0 Å². The average Bonchev–Trinajstić information content (AvgIpc) is 2.77. The Hall–Kier alpha value is -1.35. The molecule has 1 aliphatic rings. The van der Waals surface area contributed by atoms with Gasteiger partial charge in [0.05, 0.1) is 11.0 Å². The van der Waals surface area contributed by atoms with E-state index >= 15 is 0 Å². The predicted molar refractivity (Wildman–Crippen MR) is 79.4 cm³/mol. The lowest BCUT2D eigenvalue weighted by Crippen LogP contribution is -2.30. The minimum absolute atomic E-state index is 0.796. The van der Waals surface area contributed by atoms with E-state index in [0.29, 0.717) is 0 Å². The van der Waals surface area contributed by atoms with E-state index in [0.717, 1.165) is 17.9 Å². The van der Waals surface area contributed by atoms with Crippen LogP contribution >= 0.6 is 0 Å². The van der Waals surface area contributed by atoms with Crippen LogP contribution in [0.3, 0.4) is 0 Å². The van der Waals surface area contributed by atoms with Gasteiger partial charge in [-0.05, 0) is 56.0 Å². The monoisotopic (exact) mass is 257 g/mol. The van der Waals surface area contributed by atoms with E-state index in [4.69, 9.17) is 0 Å². The molecule has 1 aromatic carbocycles. The molecule has 1 aromatic heterocycles. The lowest BCUT2D eigenvalue weighted by molar-refractivity contribution is 0.376. The number of piperidine rings is 1. The minimum Gasteiger partial charge on any atom is -0.331 e. The Bertz CT molecular complexity index is 565. The number of hydrogen-bond donors (Lipinski definition) is 1. The van der Waals surface area contributed by atoms with E-state index in [-0.39, 0.29) is 0 Å². The molecule has 0 radical (unpaired) electrons. The van der Waals surface area contributed by atoms with Crippen LogP contribution in [0.1, 0.15) is 31.2 Å². The molecule has 19 heavy (non-hydrogen) atoms. The van der Waals surface area contributed by atoms with Crippen LogP contribution in [0.4, 0.5) is 0 Å². The Morgan fingerprint density at radius 1 is 1.42 bits per heavy atom. The number of aryl methyl sites for hydroxylation is 2. The Morgan fingerprint density at radius 2 is 2.32 bits per heavy atom. The van der Waals surface area contributed by atoms with Gasteiger partial charge >= 0.3 is 0 Å². The van der Waals surface area contributed by atoms with Crippen molar-refractivity contribution >= 4 is 11.0 Å². The van der Waals surface area contributed by atoms with Crippen molar-refractivity contribution in [3.05, 3.63) is 29.6 Å². The standard InChI is InChI=1S/C16H23N3/c1-3-16-18-14-7-6-12(10-15(14)19(16)2)9-13-5-4-8-17-11-13/h6-7,10,13,17H,3-5,8-9,11H2,1-2H3. The maximum atomic E-state index is 4.67. The van der Waals surface area contributed by atoms with Gasteiger partial charge in [0.1, 0.15) is 5.82 Å². The summed E-state index contributed by atoms with van der Waals surface area (Å²) in [5.41, 5.74) is 3.86. The molecule has 1 atom stereocenters. The van der Waals surface area contributed by atoms with Crippen LogP contribution in [0, 0.1) is 5.92 Å². The van der Waals surface area contributed by atoms with Crippen molar-refractivity contribution in [3.8, 4) is 0 Å². The van der Waals surface area contributed by atoms with Gasteiger partial charge in [0.15, 0.2) is 0 Å². The second-order valence-electron chi connectivity index (χ2n) is 5.68. The Morgan fingerprint density at radius 3 is 3.05 bits per heavy atom. The SMILES string of the molecule is CCc1nc2ccc(CC3CCCNC3)cc2n1C. The molecule has 0 bridgehead atoms. The molecule has 1 unspecified atom stereocenters. The van der Waals surface area contributed by atoms with Crippen LogP contribution in [-0.4, -0.2) is 22.6 Å². The maximum absolute atomic E-state index is 4.67. The third-order valence-corrected chi connectivity index (χ3v) is 4.28. The lowest BCUT2D eigenvalue weighted by Gasteiger charge is -2.22. The number of rotatable bonds is 3. The first-order chi connectivity index (χ1) is 9.28. The minimum atomic E-state index is 0.796. The number of aromatic nitrogens is 2. The summed E-state index contributed by atoms with van der Waals surface area (Å²) in [5, 5.41) is 3.50. The molecule has 3 rings (SSSR count). The molecular formula is C16H23N3. The highest BCUT2D eigenvalue weighted by molar-refractivity contribution is 5.76. The molecule has 3 nitrogen and oxygen atoms in total. The van der Waals surface area contributed by atoms with Crippen molar-refractivity contribution in [2.75, 3.05) is 13.1 Å². The summed E-state index contributed by atoms with van der Waals surface area (Å²) in [6.45, 7) is 4.52. The third-order valence-electron chi connectivity index (χ3n) is 4.28. The van der Waals surface area contributed by atoms with E-state index in [2.05, 4.69) is 47.0 Å². The van der Waals surface area contributed by atoms with Gasteiger partial charge < -0.3 is 9.88 Å². The molecule has 0 spiro atoms. The fraction of sp³-hybridized carbons (Fsp3) is 0.562. The van der Waals surface area contributed by atoms with Crippen LogP contribution < -0.4 is 5.32 Å². The largest absolute Gasteiger partial charge is 0.331 e. The molecule has 1 saturated heterocycles. The van der Waals surface area contributed by atoms with Crippen molar-refractivity contribution in [2.24, 2.45) is 13.0 Å². The Kier molecular flexibility index (Phi) is 3.56. The summed E-state index contributed by atoms with van der Waals surface area (Å²) < 4.78 is 2.23. The molecule has 3 heteroatoms. The first-order valence-corrected chi connectivity index (χ1v) is 7.43. The molecule has 2 aromatic rings. The summed E-state index contributed by atoms with van der Waals surface area (Å²) in [6, 6.07) is 6.76. The highest BCUT2D eigenvalue weighted by Crippen LogP contribution is 2.21. The smallest absolute Gasteiger partial charge is 0.109 e. The van der Waals surface area contributed by atoms with E-state index in [1.165, 1.54) is 49.3 Å². The topological polar surface area (TPSA) is 29.9 Å². The van der Waals surface area contributed by atoms with Gasteiger partial charge in [-0.3, -0.25) is 0 Å². The molecule has 1 N–H and O–H groups in total. The van der Waals surface area contributed by atoms with Gasteiger partial charge in [0.2, 0.25) is 0 Å². The first kappa shape index (κ1) is 12.7. The van der Waals surface area contributed by atoms with Gasteiger partial charge in [-0.25, -0.2) is 4.98 Å². The van der Waals surface area contributed by atoms with Crippen LogP contribution in [0.2, 0.25) is 0 Å². The quantitative estimate of drug-likeness (QED) is 0.916. The Balaban J connectivity index is 1.86. The van der Waals surface area contributed by atoms with Gasteiger partial charge in [0, 0.05) is 13.5 Å². The number of hydrogen-bond acceptors (Lipinski definition) is 2. The van der Waals surface area contributed by atoms with Crippen molar-refractivity contribution in [2.45, 2.75) is 32.6 Å². The summed E-state index contributed by atoms with van der Waals surface area (Å²) in [4.78, 5) is 4.67. The average molecular weight is 257 g/mol. The predicted octanol–water partition coefficient (Wildman–Crippen LogP) is 2.68. The molecule has 0 aliphatic carbocycles. The molecule has 102 valence electrons. The van der Waals surface area contributed by atoms with Crippen LogP contribution in [0.25, 0.3) is 11.0 Å². The highest BCUT2D eigenvalue weighted by atomic mass is 15.1. The normalized spacial score (nSPS) is 20.0. The van der Waals surface area contributed by atoms with Crippen LogP contribution in [0.15, 0.2) is 18.2 Å². The van der Waals surface area contributed by atoms with Gasteiger partial charge in [-0.2, -0.15) is 0 Å². The fourth-order valence-electron chi connectivity index (χ4n) is 3.16. The van der Waals surface area contributed by atoms with Crippen molar-refractivity contribution in [3.63, 3.8) is 0 Å². The van der Waals surface area contributed by atoms with E-state index < -0.39 is 0 Å². The van der Waals surface area contributed by atoms with Gasteiger partial charge in [0.25, 0.3) is 0 Å². The summed E-state index contributed by atoms with van der Waals surface area (Å²) >= 11 is 0. The van der Waals surface area contributed by atoms with E-state index in [1.54, 1.807) is 0 Å². The zero-order valence-corrected chi connectivity index (χ0v) is 11.9. The first-order valence-electron chi connectivity index (χ1n) is 7.43. The maximum Gasteiger partial charge on any atom is 0.109 e. The number of nitrogens with one attached hydrogen (secondary N) is 1. The fourth-order valence-corrected chi connectivity index (χ4v) is 3.16. The van der Waals surface area contributed by atoms with E-state index in [9.17, 15) is 0 Å². The van der Waals surface area contributed by atoms with Crippen molar-refractivity contribution < 1.29 is 0 Å². The van der Waals surface area contributed by atoms with Crippen LogP contribution in [-0.2, 0) is 19.9 Å². The van der Waals surface area contributed by atoms with Gasteiger partial charge in [-0.15, -0.1) is 0 Å². The molecule has 2 heterocycles. The summed E-state index contributed by atoms with van der Waals surface area (Å²) in [7, 11) is 2.13. The summed E-state index contributed by atoms with van der Waals surface area (Å²) in [5.74, 6) is 1.97. The zero-order valence-electron chi connectivity index (χ0n) is 11.9.